The summed E-state index contributed by atoms with van der Waals surface area (Å²) in [6.45, 7) is 0.302. The standard InChI is InChI=1S/C14H13N5O/c20-14(15-8-13-16-9-17-19-13)18-12-7-3-5-10-4-1-2-6-11(10)12/h1-7,9H,8H2,(H2,15,18,20)(H,16,17,19). The Morgan fingerprint density at radius 1 is 1.15 bits per heavy atom. The van der Waals surface area contributed by atoms with Crippen LogP contribution >= 0.6 is 0 Å². The maximum Gasteiger partial charge on any atom is 0.319 e. The largest absolute Gasteiger partial charge is 0.331 e. The SMILES string of the molecule is O=C(NCc1ncn[nH]1)Nc1cccc2ccccc12. The van der Waals surface area contributed by atoms with E-state index >= 15 is 0 Å². The number of urea groups is 1. The zero-order valence-electron chi connectivity index (χ0n) is 10.6. The van der Waals surface area contributed by atoms with Gasteiger partial charge in [0.25, 0.3) is 0 Å². The molecule has 3 N–H and O–H groups in total. The summed E-state index contributed by atoms with van der Waals surface area (Å²) in [6.07, 6.45) is 1.40. The molecule has 0 saturated heterocycles. The number of nitrogens with zero attached hydrogens (tertiary/aromatic N) is 2. The summed E-state index contributed by atoms with van der Waals surface area (Å²) in [5.41, 5.74) is 0.776. The van der Waals surface area contributed by atoms with Crippen LogP contribution in [0.5, 0.6) is 0 Å². The molecule has 0 aliphatic heterocycles. The van der Waals surface area contributed by atoms with Gasteiger partial charge in [0.2, 0.25) is 0 Å². The third-order valence-electron chi connectivity index (χ3n) is 2.92. The van der Waals surface area contributed by atoms with Gasteiger partial charge in [0.15, 0.2) is 0 Å². The molecule has 0 fully saturated rings. The molecule has 0 radical (unpaired) electrons. The lowest BCUT2D eigenvalue weighted by atomic mass is 10.1. The van der Waals surface area contributed by atoms with E-state index in [0.29, 0.717) is 12.4 Å². The normalized spacial score (nSPS) is 10.4. The van der Waals surface area contributed by atoms with Crippen LogP contribution < -0.4 is 10.6 Å². The third kappa shape index (κ3) is 2.59. The minimum Gasteiger partial charge on any atom is -0.331 e. The fraction of sp³-hybridized carbons (Fsp3) is 0.0714. The molecule has 2 amide bonds. The molecular formula is C14H13N5O. The van der Waals surface area contributed by atoms with Crippen molar-refractivity contribution < 1.29 is 4.79 Å². The highest BCUT2D eigenvalue weighted by Crippen LogP contribution is 2.22. The Balaban J connectivity index is 1.71. The molecular weight excluding hydrogens is 254 g/mol. The van der Waals surface area contributed by atoms with Crippen molar-refractivity contribution in [3.8, 4) is 0 Å². The molecule has 1 aromatic heterocycles. The maximum absolute atomic E-state index is 11.9. The number of carbonyl (C=O) groups excluding carboxylic acids is 1. The zero-order chi connectivity index (χ0) is 13.8. The van der Waals surface area contributed by atoms with Gasteiger partial charge in [-0.3, -0.25) is 5.10 Å². The molecule has 3 aromatic rings. The number of hydrogen-bond acceptors (Lipinski definition) is 3. The summed E-state index contributed by atoms with van der Waals surface area (Å²) in [4.78, 5) is 15.8. The van der Waals surface area contributed by atoms with E-state index < -0.39 is 0 Å². The van der Waals surface area contributed by atoms with Gasteiger partial charge in [-0.1, -0.05) is 36.4 Å². The van der Waals surface area contributed by atoms with E-state index in [1.54, 1.807) is 0 Å². The number of H-pyrrole nitrogens is 1. The molecule has 0 bridgehead atoms. The number of rotatable bonds is 3. The molecule has 20 heavy (non-hydrogen) atoms. The van der Waals surface area contributed by atoms with Crippen molar-refractivity contribution in [2.75, 3.05) is 5.32 Å². The van der Waals surface area contributed by atoms with Gasteiger partial charge in [0.1, 0.15) is 12.2 Å². The second-order valence-electron chi connectivity index (χ2n) is 4.27. The van der Waals surface area contributed by atoms with Crippen molar-refractivity contribution in [3.05, 3.63) is 54.6 Å². The van der Waals surface area contributed by atoms with Crippen molar-refractivity contribution in [1.82, 2.24) is 20.5 Å². The fourth-order valence-electron chi connectivity index (χ4n) is 1.98. The molecule has 0 atom stereocenters. The molecule has 0 unspecified atom stereocenters. The lowest BCUT2D eigenvalue weighted by Crippen LogP contribution is -2.28. The highest BCUT2D eigenvalue weighted by atomic mass is 16.2. The summed E-state index contributed by atoms with van der Waals surface area (Å²) >= 11 is 0. The van der Waals surface area contributed by atoms with Crippen LogP contribution in [0, 0.1) is 0 Å². The smallest absolute Gasteiger partial charge is 0.319 e. The monoisotopic (exact) mass is 267 g/mol. The second kappa shape index (κ2) is 5.40. The van der Waals surface area contributed by atoms with E-state index in [9.17, 15) is 4.79 Å². The summed E-state index contributed by atoms with van der Waals surface area (Å²) in [6, 6.07) is 13.4. The second-order valence-corrected chi connectivity index (χ2v) is 4.27. The Labute approximate surface area is 115 Å². The van der Waals surface area contributed by atoms with Gasteiger partial charge in [-0.25, -0.2) is 9.78 Å². The number of hydrogen-bond donors (Lipinski definition) is 3. The maximum atomic E-state index is 11.9. The minimum atomic E-state index is -0.280. The molecule has 1 heterocycles. The van der Waals surface area contributed by atoms with E-state index in [2.05, 4.69) is 25.8 Å². The molecule has 0 spiro atoms. The molecule has 2 aromatic carbocycles. The van der Waals surface area contributed by atoms with E-state index in [0.717, 1.165) is 16.5 Å². The van der Waals surface area contributed by atoms with Crippen LogP contribution in [0.4, 0.5) is 10.5 Å². The summed E-state index contributed by atoms with van der Waals surface area (Å²) < 4.78 is 0. The van der Waals surface area contributed by atoms with Crippen molar-refractivity contribution in [1.29, 1.82) is 0 Å². The molecule has 0 aliphatic carbocycles. The lowest BCUT2D eigenvalue weighted by Gasteiger charge is -2.09. The Kier molecular flexibility index (Phi) is 3.28. The number of aromatic amines is 1. The van der Waals surface area contributed by atoms with Crippen LogP contribution in [0.1, 0.15) is 5.82 Å². The first-order valence-electron chi connectivity index (χ1n) is 6.20. The van der Waals surface area contributed by atoms with Gasteiger partial charge >= 0.3 is 6.03 Å². The molecule has 3 rings (SSSR count). The summed E-state index contributed by atoms with van der Waals surface area (Å²) in [7, 11) is 0. The Morgan fingerprint density at radius 3 is 2.85 bits per heavy atom. The molecule has 0 aliphatic rings. The number of aromatic nitrogens is 3. The van der Waals surface area contributed by atoms with Gasteiger partial charge < -0.3 is 10.6 Å². The lowest BCUT2D eigenvalue weighted by molar-refractivity contribution is 0.251. The van der Waals surface area contributed by atoms with Gasteiger partial charge in [-0.05, 0) is 11.5 Å². The fourth-order valence-corrected chi connectivity index (χ4v) is 1.98. The van der Waals surface area contributed by atoms with E-state index in [-0.39, 0.29) is 6.03 Å². The number of benzene rings is 2. The van der Waals surface area contributed by atoms with Crippen LogP contribution in [0.3, 0.4) is 0 Å². The Bertz CT molecular complexity index is 718. The van der Waals surface area contributed by atoms with E-state index in [4.69, 9.17) is 0 Å². The number of anilines is 1. The van der Waals surface area contributed by atoms with E-state index in [1.165, 1.54) is 6.33 Å². The van der Waals surface area contributed by atoms with Crippen molar-refractivity contribution in [3.63, 3.8) is 0 Å². The van der Waals surface area contributed by atoms with Gasteiger partial charge in [0, 0.05) is 5.39 Å². The number of fused-ring (bicyclic) bond motifs is 1. The first-order chi connectivity index (χ1) is 9.83. The van der Waals surface area contributed by atoms with Crippen LogP contribution in [-0.4, -0.2) is 21.2 Å². The first kappa shape index (κ1) is 12.2. The van der Waals surface area contributed by atoms with E-state index in [1.807, 2.05) is 42.5 Å². The Morgan fingerprint density at radius 2 is 2.00 bits per heavy atom. The Hall–Kier alpha value is -2.89. The van der Waals surface area contributed by atoms with Crippen LogP contribution in [0.25, 0.3) is 10.8 Å². The van der Waals surface area contributed by atoms with Crippen molar-refractivity contribution >= 4 is 22.5 Å². The number of carbonyl (C=O) groups is 1. The average molecular weight is 267 g/mol. The highest BCUT2D eigenvalue weighted by molar-refractivity contribution is 6.01. The van der Waals surface area contributed by atoms with Gasteiger partial charge in [-0.2, -0.15) is 5.10 Å². The van der Waals surface area contributed by atoms with Gasteiger partial charge in [0.05, 0.1) is 12.2 Å². The predicted octanol–water partition coefficient (Wildman–Crippen LogP) is 2.28. The molecule has 100 valence electrons. The third-order valence-corrected chi connectivity index (χ3v) is 2.92. The summed E-state index contributed by atoms with van der Waals surface area (Å²) in [5.74, 6) is 0.609. The van der Waals surface area contributed by atoms with Crippen molar-refractivity contribution in [2.24, 2.45) is 0 Å². The van der Waals surface area contributed by atoms with Crippen LogP contribution in [0.2, 0.25) is 0 Å². The van der Waals surface area contributed by atoms with Crippen LogP contribution in [-0.2, 0) is 6.54 Å². The first-order valence-corrected chi connectivity index (χ1v) is 6.20. The molecule has 6 heteroatoms. The highest BCUT2D eigenvalue weighted by Gasteiger charge is 2.05. The number of nitrogens with one attached hydrogen (secondary N) is 3. The molecule has 0 saturated carbocycles. The topological polar surface area (TPSA) is 82.7 Å². The quantitative estimate of drug-likeness (QED) is 0.680. The summed E-state index contributed by atoms with van der Waals surface area (Å²) in [5, 5.41) is 14.0. The van der Waals surface area contributed by atoms with Gasteiger partial charge in [-0.15, -0.1) is 0 Å². The average Bonchev–Trinajstić information content (AvgIpc) is 2.99. The van der Waals surface area contributed by atoms with Crippen molar-refractivity contribution in [2.45, 2.75) is 6.54 Å². The number of amides is 2. The minimum absolute atomic E-state index is 0.280. The molecule has 6 nitrogen and oxygen atoms in total. The zero-order valence-corrected chi connectivity index (χ0v) is 10.6. The predicted molar refractivity (Wildman–Crippen MR) is 76.2 cm³/mol. The van der Waals surface area contributed by atoms with Crippen LogP contribution in [0.15, 0.2) is 48.8 Å².